The van der Waals surface area contributed by atoms with E-state index in [1.54, 1.807) is 18.7 Å². The molecule has 0 fully saturated rings. The number of esters is 1. The van der Waals surface area contributed by atoms with E-state index in [2.05, 4.69) is 41.4 Å². The molecule has 0 amide bonds. The van der Waals surface area contributed by atoms with Crippen molar-refractivity contribution in [3.63, 3.8) is 0 Å². The minimum absolute atomic E-state index is 0.212. The zero-order valence-electron chi connectivity index (χ0n) is 15.3. The van der Waals surface area contributed by atoms with Gasteiger partial charge in [0.25, 0.3) is 0 Å². The van der Waals surface area contributed by atoms with E-state index in [-0.39, 0.29) is 11.7 Å². The third-order valence-corrected chi connectivity index (χ3v) is 5.64. The van der Waals surface area contributed by atoms with Crippen LogP contribution in [0.1, 0.15) is 18.3 Å². The predicted octanol–water partition coefficient (Wildman–Crippen LogP) is 4.52. The van der Waals surface area contributed by atoms with Crippen LogP contribution in [0.2, 0.25) is 0 Å². The molecule has 5 nitrogen and oxygen atoms in total. The first-order chi connectivity index (χ1) is 13.2. The summed E-state index contributed by atoms with van der Waals surface area (Å²) in [7, 11) is 0. The Labute approximate surface area is 167 Å². The van der Waals surface area contributed by atoms with Gasteiger partial charge >= 0.3 is 5.97 Å². The van der Waals surface area contributed by atoms with Crippen molar-refractivity contribution in [1.82, 2.24) is 14.8 Å². The minimum atomic E-state index is -0.249. The Hall–Kier alpha value is -2.25. The first-order valence-corrected chi connectivity index (χ1v) is 10.6. The van der Waals surface area contributed by atoms with E-state index in [4.69, 9.17) is 4.74 Å². The van der Waals surface area contributed by atoms with Crippen molar-refractivity contribution < 1.29 is 9.53 Å². The Morgan fingerprint density at radius 1 is 1.04 bits per heavy atom. The topological polar surface area (TPSA) is 57.0 Å². The Balaban J connectivity index is 1.80. The lowest BCUT2D eigenvalue weighted by molar-refractivity contribution is -0.139. The molecule has 0 atom stereocenters. The fourth-order valence-electron chi connectivity index (χ4n) is 2.43. The highest BCUT2D eigenvalue weighted by Crippen LogP contribution is 2.27. The quantitative estimate of drug-likeness (QED) is 0.410. The molecule has 0 N–H and O–H groups in total. The highest BCUT2D eigenvalue weighted by Gasteiger charge is 2.16. The number of hydrogen-bond donors (Lipinski definition) is 0. The second kappa shape index (κ2) is 9.62. The fraction of sp³-hybridized carbons (Fsp3) is 0.250. The van der Waals surface area contributed by atoms with Gasteiger partial charge < -0.3 is 4.74 Å². The van der Waals surface area contributed by atoms with Crippen molar-refractivity contribution in [3.8, 4) is 5.69 Å². The van der Waals surface area contributed by atoms with E-state index < -0.39 is 0 Å². The molecule has 3 aromatic rings. The largest absolute Gasteiger partial charge is 0.465 e. The number of rotatable bonds is 8. The summed E-state index contributed by atoms with van der Waals surface area (Å²) in [6.45, 7) is 4.26. The third kappa shape index (κ3) is 5.37. The number of aromatic nitrogens is 3. The van der Waals surface area contributed by atoms with Gasteiger partial charge in [0.1, 0.15) is 5.82 Å². The van der Waals surface area contributed by atoms with E-state index in [1.165, 1.54) is 22.2 Å². The molecular weight excluding hydrogens is 378 g/mol. The van der Waals surface area contributed by atoms with Crippen LogP contribution in [0.5, 0.6) is 0 Å². The second-order valence-electron chi connectivity index (χ2n) is 5.77. The number of benzene rings is 2. The lowest BCUT2D eigenvalue weighted by atomic mass is 10.2. The maximum atomic E-state index is 11.7. The van der Waals surface area contributed by atoms with Crippen LogP contribution in [0, 0.1) is 6.92 Å². The molecule has 0 unspecified atom stereocenters. The molecule has 0 radical (unpaired) electrons. The highest BCUT2D eigenvalue weighted by molar-refractivity contribution is 7.99. The first kappa shape index (κ1) is 19.5. The maximum absolute atomic E-state index is 11.7. The average Bonchev–Trinajstić information content (AvgIpc) is 3.10. The SMILES string of the molecule is CCOC(=O)CSc1nnc(CSc2ccc(C)cc2)n1-c1ccccc1. The van der Waals surface area contributed by atoms with Crippen LogP contribution in [-0.4, -0.2) is 33.1 Å². The average molecular weight is 400 g/mol. The maximum Gasteiger partial charge on any atom is 0.316 e. The number of ether oxygens (including phenoxy) is 1. The van der Waals surface area contributed by atoms with Crippen LogP contribution < -0.4 is 0 Å². The molecule has 27 heavy (non-hydrogen) atoms. The monoisotopic (exact) mass is 399 g/mol. The number of nitrogens with zero attached hydrogens (tertiary/aromatic N) is 3. The van der Waals surface area contributed by atoms with E-state index in [1.807, 2.05) is 34.9 Å². The summed E-state index contributed by atoms with van der Waals surface area (Å²) in [4.78, 5) is 12.9. The smallest absolute Gasteiger partial charge is 0.316 e. The predicted molar refractivity (Wildman–Crippen MR) is 109 cm³/mol. The Kier molecular flexibility index (Phi) is 6.95. The lowest BCUT2D eigenvalue weighted by Crippen LogP contribution is -2.08. The van der Waals surface area contributed by atoms with Crippen LogP contribution >= 0.6 is 23.5 Å². The molecule has 0 spiro atoms. The summed E-state index contributed by atoms with van der Waals surface area (Å²) in [6, 6.07) is 18.4. The van der Waals surface area contributed by atoms with Crippen molar-refractivity contribution in [2.45, 2.75) is 29.7 Å². The Bertz CT molecular complexity index is 880. The van der Waals surface area contributed by atoms with Crippen molar-refractivity contribution in [3.05, 3.63) is 66.0 Å². The van der Waals surface area contributed by atoms with E-state index >= 15 is 0 Å². The molecule has 0 bridgehead atoms. The minimum Gasteiger partial charge on any atom is -0.465 e. The van der Waals surface area contributed by atoms with Gasteiger partial charge in [-0.25, -0.2) is 0 Å². The van der Waals surface area contributed by atoms with Crippen LogP contribution in [0.4, 0.5) is 0 Å². The normalized spacial score (nSPS) is 10.7. The molecule has 0 saturated carbocycles. The fourth-order valence-corrected chi connectivity index (χ4v) is 4.01. The van der Waals surface area contributed by atoms with Gasteiger partial charge in [0.05, 0.1) is 18.1 Å². The second-order valence-corrected chi connectivity index (χ2v) is 7.76. The van der Waals surface area contributed by atoms with Crippen molar-refractivity contribution >= 4 is 29.5 Å². The van der Waals surface area contributed by atoms with Gasteiger partial charge in [0, 0.05) is 10.6 Å². The molecule has 1 aromatic heterocycles. The number of aryl methyl sites for hydroxylation is 1. The van der Waals surface area contributed by atoms with Crippen molar-refractivity contribution in [2.24, 2.45) is 0 Å². The number of carbonyl (C=O) groups excluding carboxylic acids is 1. The van der Waals surface area contributed by atoms with E-state index in [0.29, 0.717) is 17.5 Å². The molecule has 0 aliphatic carbocycles. The molecule has 3 rings (SSSR count). The summed E-state index contributed by atoms with van der Waals surface area (Å²) >= 11 is 3.05. The first-order valence-electron chi connectivity index (χ1n) is 8.65. The molecule has 7 heteroatoms. The molecular formula is C20H21N3O2S2. The molecule has 1 heterocycles. The van der Waals surface area contributed by atoms with Gasteiger partial charge in [0.15, 0.2) is 5.16 Å². The Morgan fingerprint density at radius 3 is 2.48 bits per heavy atom. The summed E-state index contributed by atoms with van der Waals surface area (Å²) < 4.78 is 7.01. The summed E-state index contributed by atoms with van der Waals surface area (Å²) in [5.41, 5.74) is 2.22. The van der Waals surface area contributed by atoms with Gasteiger partial charge in [-0.2, -0.15) is 0 Å². The lowest BCUT2D eigenvalue weighted by Gasteiger charge is -2.10. The van der Waals surface area contributed by atoms with Gasteiger partial charge in [-0.15, -0.1) is 22.0 Å². The van der Waals surface area contributed by atoms with E-state index in [9.17, 15) is 4.79 Å². The highest BCUT2D eigenvalue weighted by atomic mass is 32.2. The molecule has 0 saturated heterocycles. The summed E-state index contributed by atoms with van der Waals surface area (Å²) in [5, 5.41) is 9.36. The standard InChI is InChI=1S/C20H21N3O2S2/c1-3-25-19(24)14-27-20-22-21-18(23(20)16-7-5-4-6-8-16)13-26-17-11-9-15(2)10-12-17/h4-12H,3,13-14H2,1-2H3. The summed E-state index contributed by atoms with van der Waals surface area (Å²) in [5.74, 6) is 1.49. The molecule has 0 aliphatic heterocycles. The van der Waals surface area contributed by atoms with Crippen molar-refractivity contribution in [1.29, 1.82) is 0 Å². The van der Waals surface area contributed by atoms with Gasteiger partial charge in [-0.3, -0.25) is 9.36 Å². The zero-order valence-corrected chi connectivity index (χ0v) is 16.9. The van der Waals surface area contributed by atoms with Crippen molar-refractivity contribution in [2.75, 3.05) is 12.4 Å². The van der Waals surface area contributed by atoms with Gasteiger partial charge in [0.2, 0.25) is 0 Å². The molecule has 140 valence electrons. The van der Waals surface area contributed by atoms with E-state index in [0.717, 1.165) is 11.5 Å². The number of para-hydroxylation sites is 1. The third-order valence-electron chi connectivity index (χ3n) is 3.73. The number of carbonyl (C=O) groups is 1. The Morgan fingerprint density at radius 2 is 1.78 bits per heavy atom. The van der Waals surface area contributed by atoms with Crippen LogP contribution in [0.3, 0.4) is 0 Å². The number of thioether (sulfide) groups is 2. The van der Waals surface area contributed by atoms with Crippen LogP contribution in [0.15, 0.2) is 64.6 Å². The van der Waals surface area contributed by atoms with Crippen LogP contribution in [-0.2, 0) is 15.3 Å². The zero-order chi connectivity index (χ0) is 19.1. The van der Waals surface area contributed by atoms with Gasteiger partial charge in [-0.05, 0) is 38.1 Å². The summed E-state index contributed by atoms with van der Waals surface area (Å²) in [6.07, 6.45) is 0. The van der Waals surface area contributed by atoms with Gasteiger partial charge in [-0.1, -0.05) is 47.7 Å². The number of hydrogen-bond acceptors (Lipinski definition) is 6. The molecule has 2 aromatic carbocycles. The molecule has 0 aliphatic rings. The van der Waals surface area contributed by atoms with Crippen LogP contribution in [0.25, 0.3) is 5.69 Å².